The van der Waals surface area contributed by atoms with Gasteiger partial charge in [0, 0.05) is 25.5 Å². The molecule has 1 saturated heterocycles. The molecular formula is C15H22ClN3O. The first-order valence-corrected chi connectivity index (χ1v) is 7.41. The molecule has 110 valence electrons. The lowest BCUT2D eigenvalue weighted by molar-refractivity contribution is -0.117. The van der Waals surface area contributed by atoms with Crippen LogP contribution in [0, 0.1) is 5.92 Å². The number of anilines is 2. The lowest BCUT2D eigenvalue weighted by Crippen LogP contribution is -2.32. The Kier molecular flexibility index (Phi) is 5.26. The Hall–Kier alpha value is -1.26. The smallest absolute Gasteiger partial charge is 0.224 e. The SMILES string of the molecule is CN(C)c1ccc(Cl)cc1NC(=O)CC1CCCNC1. The number of hydrogen-bond acceptors (Lipinski definition) is 3. The number of nitrogens with one attached hydrogen (secondary N) is 2. The van der Waals surface area contributed by atoms with Crippen LogP contribution in [-0.4, -0.2) is 33.1 Å². The summed E-state index contributed by atoms with van der Waals surface area (Å²) in [6, 6.07) is 5.55. The van der Waals surface area contributed by atoms with Crippen LogP contribution in [-0.2, 0) is 4.79 Å². The zero-order valence-electron chi connectivity index (χ0n) is 12.1. The van der Waals surface area contributed by atoms with E-state index < -0.39 is 0 Å². The fraction of sp³-hybridized carbons (Fsp3) is 0.533. The van der Waals surface area contributed by atoms with Gasteiger partial charge in [0.1, 0.15) is 0 Å². The molecule has 5 heteroatoms. The van der Waals surface area contributed by atoms with Crippen LogP contribution in [0.1, 0.15) is 19.3 Å². The number of amides is 1. The number of nitrogens with zero attached hydrogens (tertiary/aromatic N) is 1. The Morgan fingerprint density at radius 1 is 1.50 bits per heavy atom. The maximum Gasteiger partial charge on any atom is 0.224 e. The van der Waals surface area contributed by atoms with Crippen molar-refractivity contribution in [1.29, 1.82) is 0 Å². The zero-order chi connectivity index (χ0) is 14.5. The topological polar surface area (TPSA) is 44.4 Å². The minimum Gasteiger partial charge on any atom is -0.376 e. The Morgan fingerprint density at radius 2 is 2.30 bits per heavy atom. The van der Waals surface area contributed by atoms with E-state index in [0.717, 1.165) is 37.3 Å². The van der Waals surface area contributed by atoms with E-state index in [2.05, 4.69) is 10.6 Å². The lowest BCUT2D eigenvalue weighted by atomic mass is 9.96. The predicted molar refractivity (Wildman–Crippen MR) is 84.6 cm³/mol. The Bertz CT molecular complexity index is 470. The van der Waals surface area contributed by atoms with Crippen molar-refractivity contribution in [3.05, 3.63) is 23.2 Å². The largest absolute Gasteiger partial charge is 0.376 e. The van der Waals surface area contributed by atoms with Gasteiger partial charge in [0.2, 0.25) is 5.91 Å². The molecule has 1 aromatic carbocycles. The van der Waals surface area contributed by atoms with Crippen LogP contribution in [0.4, 0.5) is 11.4 Å². The third-order valence-corrected chi connectivity index (χ3v) is 3.82. The van der Waals surface area contributed by atoms with Crippen molar-refractivity contribution < 1.29 is 4.79 Å². The van der Waals surface area contributed by atoms with Crippen LogP contribution < -0.4 is 15.5 Å². The average Bonchev–Trinajstić information content (AvgIpc) is 2.39. The predicted octanol–water partition coefficient (Wildman–Crippen LogP) is 2.73. The summed E-state index contributed by atoms with van der Waals surface area (Å²) in [6.45, 7) is 2.00. The standard InChI is InChI=1S/C15H22ClN3O/c1-19(2)14-6-5-12(16)9-13(14)18-15(20)8-11-4-3-7-17-10-11/h5-6,9,11,17H,3-4,7-8,10H2,1-2H3,(H,18,20). The van der Waals surface area contributed by atoms with E-state index in [-0.39, 0.29) is 5.91 Å². The summed E-state index contributed by atoms with van der Waals surface area (Å²) >= 11 is 6.02. The van der Waals surface area contributed by atoms with Crippen molar-refractivity contribution >= 4 is 28.9 Å². The summed E-state index contributed by atoms with van der Waals surface area (Å²) in [5.41, 5.74) is 1.74. The summed E-state index contributed by atoms with van der Waals surface area (Å²) in [6.07, 6.45) is 2.83. The van der Waals surface area contributed by atoms with Gasteiger partial charge in [-0.1, -0.05) is 11.6 Å². The minimum absolute atomic E-state index is 0.0593. The Labute approximate surface area is 125 Å². The molecule has 1 aliphatic heterocycles. The van der Waals surface area contributed by atoms with Crippen LogP contribution in [0.5, 0.6) is 0 Å². The van der Waals surface area contributed by atoms with Gasteiger partial charge >= 0.3 is 0 Å². The highest BCUT2D eigenvalue weighted by Crippen LogP contribution is 2.28. The number of benzene rings is 1. The summed E-state index contributed by atoms with van der Waals surface area (Å²) in [7, 11) is 3.90. The second kappa shape index (κ2) is 6.95. The molecule has 4 nitrogen and oxygen atoms in total. The molecule has 1 heterocycles. The average molecular weight is 296 g/mol. The van der Waals surface area contributed by atoms with Gasteiger partial charge in [0.25, 0.3) is 0 Å². The fourth-order valence-corrected chi connectivity index (χ4v) is 2.73. The van der Waals surface area contributed by atoms with Crippen LogP contribution in [0.25, 0.3) is 0 Å². The van der Waals surface area contributed by atoms with Crippen LogP contribution >= 0.6 is 11.6 Å². The third kappa shape index (κ3) is 4.12. The molecule has 0 aromatic heterocycles. The second-order valence-electron chi connectivity index (χ2n) is 5.52. The molecule has 0 aliphatic carbocycles. The van der Waals surface area contributed by atoms with E-state index in [1.807, 2.05) is 31.1 Å². The molecule has 1 amide bonds. The van der Waals surface area contributed by atoms with Gasteiger partial charge in [0.05, 0.1) is 11.4 Å². The summed E-state index contributed by atoms with van der Waals surface area (Å²) in [5, 5.41) is 6.95. The lowest BCUT2D eigenvalue weighted by Gasteiger charge is -2.23. The van der Waals surface area contributed by atoms with Crippen LogP contribution in [0.2, 0.25) is 5.02 Å². The molecule has 1 unspecified atom stereocenters. The molecular weight excluding hydrogens is 274 g/mol. The van der Waals surface area contributed by atoms with E-state index in [0.29, 0.717) is 17.4 Å². The maximum atomic E-state index is 12.2. The van der Waals surface area contributed by atoms with E-state index in [1.165, 1.54) is 0 Å². The Balaban J connectivity index is 2.01. The zero-order valence-corrected chi connectivity index (χ0v) is 12.8. The van der Waals surface area contributed by atoms with E-state index >= 15 is 0 Å². The number of piperidine rings is 1. The highest BCUT2D eigenvalue weighted by atomic mass is 35.5. The highest BCUT2D eigenvalue weighted by Gasteiger charge is 2.17. The third-order valence-electron chi connectivity index (χ3n) is 3.59. The summed E-state index contributed by atoms with van der Waals surface area (Å²) < 4.78 is 0. The second-order valence-corrected chi connectivity index (χ2v) is 5.96. The van der Waals surface area contributed by atoms with Gasteiger partial charge in [-0.3, -0.25) is 4.79 Å². The Morgan fingerprint density at radius 3 is 2.95 bits per heavy atom. The monoisotopic (exact) mass is 295 g/mol. The molecule has 0 radical (unpaired) electrons. The molecule has 1 aliphatic rings. The first-order valence-electron chi connectivity index (χ1n) is 7.03. The summed E-state index contributed by atoms with van der Waals surface area (Å²) in [4.78, 5) is 14.1. The van der Waals surface area contributed by atoms with E-state index in [4.69, 9.17) is 11.6 Å². The highest BCUT2D eigenvalue weighted by molar-refractivity contribution is 6.31. The van der Waals surface area contributed by atoms with Crippen LogP contribution in [0.3, 0.4) is 0 Å². The molecule has 2 N–H and O–H groups in total. The molecule has 1 fully saturated rings. The first-order chi connectivity index (χ1) is 9.56. The van der Waals surface area contributed by atoms with Crippen molar-refractivity contribution in [1.82, 2.24) is 5.32 Å². The van der Waals surface area contributed by atoms with E-state index in [1.54, 1.807) is 6.07 Å². The normalized spacial score (nSPS) is 18.6. The minimum atomic E-state index is 0.0593. The molecule has 0 saturated carbocycles. The van der Waals surface area contributed by atoms with Gasteiger partial charge in [-0.2, -0.15) is 0 Å². The van der Waals surface area contributed by atoms with Crippen molar-refractivity contribution in [2.45, 2.75) is 19.3 Å². The van der Waals surface area contributed by atoms with Gasteiger partial charge < -0.3 is 15.5 Å². The van der Waals surface area contributed by atoms with Gasteiger partial charge in [0.15, 0.2) is 0 Å². The quantitative estimate of drug-likeness (QED) is 0.898. The van der Waals surface area contributed by atoms with Gasteiger partial charge in [-0.25, -0.2) is 0 Å². The molecule has 0 spiro atoms. The fourth-order valence-electron chi connectivity index (χ4n) is 2.56. The van der Waals surface area contributed by atoms with Crippen molar-refractivity contribution in [3.8, 4) is 0 Å². The number of halogens is 1. The maximum absolute atomic E-state index is 12.2. The van der Waals surface area contributed by atoms with Crippen LogP contribution in [0.15, 0.2) is 18.2 Å². The van der Waals surface area contributed by atoms with Crippen molar-refractivity contribution in [2.24, 2.45) is 5.92 Å². The molecule has 1 aromatic rings. The molecule has 0 bridgehead atoms. The number of hydrogen-bond donors (Lipinski definition) is 2. The number of carbonyl (C=O) groups excluding carboxylic acids is 1. The summed E-state index contributed by atoms with van der Waals surface area (Å²) in [5.74, 6) is 0.495. The molecule has 1 atom stereocenters. The molecule has 2 rings (SSSR count). The first kappa shape index (κ1) is 15.1. The van der Waals surface area contributed by atoms with Gasteiger partial charge in [-0.05, 0) is 50.0 Å². The van der Waals surface area contributed by atoms with E-state index in [9.17, 15) is 4.79 Å². The number of rotatable bonds is 4. The van der Waals surface area contributed by atoms with Gasteiger partial charge in [-0.15, -0.1) is 0 Å². The van der Waals surface area contributed by atoms with Crippen molar-refractivity contribution in [3.63, 3.8) is 0 Å². The molecule has 20 heavy (non-hydrogen) atoms. The van der Waals surface area contributed by atoms with Crippen molar-refractivity contribution in [2.75, 3.05) is 37.4 Å². The number of carbonyl (C=O) groups is 1.